The summed E-state index contributed by atoms with van der Waals surface area (Å²) < 4.78 is 1.99. The number of aryl methyl sites for hydroxylation is 1. The van der Waals surface area contributed by atoms with E-state index in [0.29, 0.717) is 12.2 Å². The molecule has 1 aromatic heterocycles. The van der Waals surface area contributed by atoms with E-state index in [1.807, 2.05) is 23.7 Å². The van der Waals surface area contributed by atoms with Crippen LogP contribution in [0.15, 0.2) is 29.4 Å². The van der Waals surface area contributed by atoms with Crippen molar-refractivity contribution in [2.45, 2.75) is 43.0 Å². The summed E-state index contributed by atoms with van der Waals surface area (Å²) in [4.78, 5) is 12.0. The molecule has 0 aliphatic heterocycles. The van der Waals surface area contributed by atoms with E-state index in [1.165, 1.54) is 5.56 Å². The third-order valence-corrected chi connectivity index (χ3v) is 5.32. The molecule has 4 nitrogen and oxygen atoms in total. The number of benzene rings is 1. The second kappa shape index (κ2) is 6.02. The number of carbonyl (C=O) groups excluding carboxylic acids is 1. The van der Waals surface area contributed by atoms with Gasteiger partial charge in [-0.15, -0.1) is 10.2 Å². The Morgan fingerprint density at radius 3 is 2.81 bits per heavy atom. The highest BCUT2D eigenvalue weighted by Gasteiger charge is 2.25. The number of carbonyl (C=O) groups is 1. The van der Waals surface area contributed by atoms with Crippen molar-refractivity contribution < 1.29 is 4.79 Å². The first-order valence-corrected chi connectivity index (χ1v) is 8.19. The van der Waals surface area contributed by atoms with Crippen molar-refractivity contribution >= 4 is 17.5 Å². The number of Topliss-reactive ketones (excluding diaryl/α,β-unsaturated/α-hetero) is 1. The summed E-state index contributed by atoms with van der Waals surface area (Å²) >= 11 is 1.56. The molecule has 1 aliphatic carbocycles. The first-order valence-electron chi connectivity index (χ1n) is 7.31. The maximum atomic E-state index is 12.0. The van der Waals surface area contributed by atoms with Crippen molar-refractivity contribution in [1.82, 2.24) is 14.8 Å². The predicted octanol–water partition coefficient (Wildman–Crippen LogP) is 3.39. The van der Waals surface area contributed by atoms with E-state index in [2.05, 4.69) is 29.3 Å². The molecule has 1 aliphatic rings. The lowest BCUT2D eigenvalue weighted by atomic mass is 9.99. The Bertz CT molecular complexity index is 665. The van der Waals surface area contributed by atoms with E-state index in [9.17, 15) is 4.79 Å². The Labute approximate surface area is 129 Å². The van der Waals surface area contributed by atoms with E-state index in [1.54, 1.807) is 11.8 Å². The maximum absolute atomic E-state index is 12.0. The smallest absolute Gasteiger partial charge is 0.191 e. The lowest BCUT2D eigenvalue weighted by molar-refractivity contribution is -0.119. The van der Waals surface area contributed by atoms with Gasteiger partial charge < -0.3 is 4.57 Å². The van der Waals surface area contributed by atoms with Crippen LogP contribution < -0.4 is 0 Å². The van der Waals surface area contributed by atoms with Crippen LogP contribution in [0.3, 0.4) is 0 Å². The predicted molar refractivity (Wildman–Crippen MR) is 84.3 cm³/mol. The molecule has 5 heteroatoms. The zero-order chi connectivity index (χ0) is 14.8. The van der Waals surface area contributed by atoms with Gasteiger partial charge in [-0.2, -0.15) is 0 Å². The topological polar surface area (TPSA) is 47.8 Å². The molecule has 3 rings (SSSR count). The number of aromatic nitrogens is 3. The minimum Gasteiger partial charge on any atom is -0.305 e. The van der Waals surface area contributed by atoms with Gasteiger partial charge in [-0.05, 0) is 25.3 Å². The molecule has 2 aromatic rings. The molecular formula is C16H19N3OS. The van der Waals surface area contributed by atoms with Crippen molar-refractivity contribution in [1.29, 1.82) is 0 Å². The average molecular weight is 301 g/mol. The SMILES string of the molecule is Cc1ccccc1-c1nnc(S[C@@H]2CCCCC2=O)n1C. The van der Waals surface area contributed by atoms with Gasteiger partial charge in [0.25, 0.3) is 0 Å². The monoisotopic (exact) mass is 301 g/mol. The lowest BCUT2D eigenvalue weighted by Gasteiger charge is -2.19. The van der Waals surface area contributed by atoms with Gasteiger partial charge in [0, 0.05) is 19.0 Å². The average Bonchev–Trinajstić information content (AvgIpc) is 2.83. The largest absolute Gasteiger partial charge is 0.305 e. The van der Waals surface area contributed by atoms with Gasteiger partial charge in [-0.1, -0.05) is 42.4 Å². The molecule has 1 saturated carbocycles. The third-order valence-electron chi connectivity index (χ3n) is 3.97. The van der Waals surface area contributed by atoms with Crippen LogP contribution in [0.25, 0.3) is 11.4 Å². The molecule has 21 heavy (non-hydrogen) atoms. The number of hydrogen-bond donors (Lipinski definition) is 0. The maximum Gasteiger partial charge on any atom is 0.191 e. The zero-order valence-corrected chi connectivity index (χ0v) is 13.2. The molecule has 1 fully saturated rings. The molecule has 0 spiro atoms. The van der Waals surface area contributed by atoms with Crippen LogP contribution in [0.5, 0.6) is 0 Å². The van der Waals surface area contributed by atoms with Crippen LogP contribution in [0.2, 0.25) is 0 Å². The van der Waals surface area contributed by atoms with Gasteiger partial charge >= 0.3 is 0 Å². The van der Waals surface area contributed by atoms with E-state index >= 15 is 0 Å². The highest BCUT2D eigenvalue weighted by Crippen LogP contribution is 2.32. The van der Waals surface area contributed by atoms with Crippen molar-refractivity contribution in [3.05, 3.63) is 29.8 Å². The second-order valence-corrected chi connectivity index (χ2v) is 6.67. The summed E-state index contributed by atoms with van der Waals surface area (Å²) in [6.45, 7) is 2.07. The molecule has 1 aromatic carbocycles. The highest BCUT2D eigenvalue weighted by atomic mass is 32.2. The lowest BCUT2D eigenvalue weighted by Crippen LogP contribution is -2.21. The van der Waals surface area contributed by atoms with Crippen molar-refractivity contribution in [3.8, 4) is 11.4 Å². The van der Waals surface area contributed by atoms with Crippen LogP contribution in [-0.4, -0.2) is 25.8 Å². The Hall–Kier alpha value is -1.62. The summed E-state index contributed by atoms with van der Waals surface area (Å²) in [5.74, 6) is 1.21. The van der Waals surface area contributed by atoms with Gasteiger partial charge in [0.1, 0.15) is 5.78 Å². The molecule has 110 valence electrons. The van der Waals surface area contributed by atoms with Crippen LogP contribution in [-0.2, 0) is 11.8 Å². The number of ketones is 1. The van der Waals surface area contributed by atoms with E-state index < -0.39 is 0 Å². The van der Waals surface area contributed by atoms with Gasteiger partial charge in [0.2, 0.25) is 0 Å². The fourth-order valence-electron chi connectivity index (χ4n) is 2.68. The summed E-state index contributed by atoms with van der Waals surface area (Å²) in [7, 11) is 1.97. The molecule has 1 atom stereocenters. The van der Waals surface area contributed by atoms with Crippen LogP contribution in [0.1, 0.15) is 31.2 Å². The highest BCUT2D eigenvalue weighted by molar-refractivity contribution is 8.00. The number of hydrogen-bond acceptors (Lipinski definition) is 4. The molecular weight excluding hydrogens is 282 g/mol. The van der Waals surface area contributed by atoms with Crippen LogP contribution >= 0.6 is 11.8 Å². The van der Waals surface area contributed by atoms with Gasteiger partial charge in [-0.25, -0.2) is 0 Å². The molecule has 0 saturated heterocycles. The van der Waals surface area contributed by atoms with Crippen molar-refractivity contribution in [3.63, 3.8) is 0 Å². The first kappa shape index (κ1) is 14.3. The number of nitrogens with zero attached hydrogens (tertiary/aromatic N) is 3. The zero-order valence-electron chi connectivity index (χ0n) is 12.4. The van der Waals surface area contributed by atoms with E-state index in [4.69, 9.17) is 0 Å². The van der Waals surface area contributed by atoms with Crippen LogP contribution in [0, 0.1) is 6.92 Å². The standard InChI is InChI=1S/C16H19N3OS/c1-11-7-3-4-8-12(11)15-17-18-16(19(15)2)21-14-10-6-5-9-13(14)20/h3-4,7-8,14H,5-6,9-10H2,1-2H3/t14-/m1/s1. The Morgan fingerprint density at radius 1 is 1.24 bits per heavy atom. The minimum absolute atomic E-state index is 0.0476. The fraction of sp³-hybridized carbons (Fsp3) is 0.438. The van der Waals surface area contributed by atoms with E-state index in [0.717, 1.165) is 35.8 Å². The first-order chi connectivity index (χ1) is 10.2. The van der Waals surface area contributed by atoms with E-state index in [-0.39, 0.29) is 5.25 Å². The summed E-state index contributed by atoms with van der Waals surface area (Å²) in [5.41, 5.74) is 2.27. The van der Waals surface area contributed by atoms with Crippen molar-refractivity contribution in [2.75, 3.05) is 0 Å². The summed E-state index contributed by atoms with van der Waals surface area (Å²) in [6.07, 6.45) is 3.82. The molecule has 0 N–H and O–H groups in total. The Kier molecular flexibility index (Phi) is 4.10. The molecule has 1 heterocycles. The second-order valence-electron chi connectivity index (χ2n) is 5.50. The summed E-state index contributed by atoms with van der Waals surface area (Å²) in [5, 5.41) is 9.48. The molecule has 0 unspecified atom stereocenters. The third kappa shape index (κ3) is 2.88. The van der Waals surface area contributed by atoms with Gasteiger partial charge in [0.05, 0.1) is 5.25 Å². The fourth-order valence-corrected chi connectivity index (χ4v) is 3.80. The summed E-state index contributed by atoms with van der Waals surface area (Å²) in [6, 6.07) is 8.15. The Morgan fingerprint density at radius 2 is 2.05 bits per heavy atom. The quantitative estimate of drug-likeness (QED) is 0.872. The normalized spacial score (nSPS) is 19.0. The van der Waals surface area contributed by atoms with Crippen molar-refractivity contribution in [2.24, 2.45) is 7.05 Å². The van der Waals surface area contributed by atoms with Crippen LogP contribution in [0.4, 0.5) is 0 Å². The molecule has 0 radical (unpaired) electrons. The molecule has 0 amide bonds. The molecule has 0 bridgehead atoms. The number of rotatable bonds is 3. The Balaban J connectivity index is 1.86. The minimum atomic E-state index is 0.0476. The van der Waals surface area contributed by atoms with Gasteiger partial charge in [-0.3, -0.25) is 4.79 Å². The van der Waals surface area contributed by atoms with Gasteiger partial charge in [0.15, 0.2) is 11.0 Å². The number of thioether (sulfide) groups is 1.